The third kappa shape index (κ3) is 2.82. The van der Waals surface area contributed by atoms with Gasteiger partial charge in [0, 0.05) is 25.4 Å². The maximum atomic E-state index is 13.0. The number of nitrogens with two attached hydrogens (primary N) is 1. The quantitative estimate of drug-likeness (QED) is 0.875. The number of hydrogen-bond donors (Lipinski definition) is 1. The molecule has 4 nitrogen and oxygen atoms in total. The van der Waals surface area contributed by atoms with Gasteiger partial charge in [0.05, 0.1) is 5.69 Å². The van der Waals surface area contributed by atoms with Gasteiger partial charge in [0.1, 0.15) is 18.2 Å². The van der Waals surface area contributed by atoms with Crippen molar-refractivity contribution < 1.29 is 9.13 Å². The fraction of sp³-hybridized carbons (Fsp3) is 0.250. The summed E-state index contributed by atoms with van der Waals surface area (Å²) in [5, 5.41) is 4.19. The number of hydrogen-bond acceptors (Lipinski definition) is 3. The van der Waals surface area contributed by atoms with Gasteiger partial charge in [0.15, 0.2) is 0 Å². The Hall–Kier alpha value is -1.88. The SMILES string of the molecule is Cn1ccc(COc2ccc(F)cc2CN)n1. The minimum absolute atomic E-state index is 0.245. The van der Waals surface area contributed by atoms with Crippen LogP contribution < -0.4 is 10.5 Å². The van der Waals surface area contributed by atoms with Crippen LogP contribution in [-0.2, 0) is 20.2 Å². The van der Waals surface area contributed by atoms with Crippen LogP contribution in [0.3, 0.4) is 0 Å². The van der Waals surface area contributed by atoms with Crippen molar-refractivity contribution in [3.8, 4) is 5.75 Å². The van der Waals surface area contributed by atoms with Crippen LogP contribution in [0.5, 0.6) is 5.75 Å². The Kier molecular flexibility index (Phi) is 3.39. The van der Waals surface area contributed by atoms with Crippen LogP contribution in [0.15, 0.2) is 30.5 Å². The lowest BCUT2D eigenvalue weighted by molar-refractivity contribution is 0.296. The fourth-order valence-electron chi connectivity index (χ4n) is 1.54. The van der Waals surface area contributed by atoms with E-state index in [2.05, 4.69) is 5.10 Å². The summed E-state index contributed by atoms with van der Waals surface area (Å²) < 4.78 is 20.2. The number of halogens is 1. The van der Waals surface area contributed by atoms with Gasteiger partial charge in [-0.3, -0.25) is 4.68 Å². The smallest absolute Gasteiger partial charge is 0.132 e. The zero-order valence-corrected chi connectivity index (χ0v) is 9.56. The number of aromatic nitrogens is 2. The molecule has 0 atom stereocenters. The van der Waals surface area contributed by atoms with Gasteiger partial charge in [-0.1, -0.05) is 0 Å². The summed E-state index contributed by atoms with van der Waals surface area (Å²) in [6.45, 7) is 0.592. The van der Waals surface area contributed by atoms with E-state index in [9.17, 15) is 4.39 Å². The standard InChI is InChI=1S/C12H14FN3O/c1-16-5-4-11(15-16)8-17-12-3-2-10(13)6-9(12)7-14/h2-6H,7-8,14H2,1H3. The molecule has 0 saturated carbocycles. The normalized spacial score (nSPS) is 10.5. The highest BCUT2D eigenvalue weighted by Crippen LogP contribution is 2.20. The minimum Gasteiger partial charge on any atom is -0.487 e. The lowest BCUT2D eigenvalue weighted by Gasteiger charge is -2.09. The molecule has 1 aromatic carbocycles. The summed E-state index contributed by atoms with van der Waals surface area (Å²) in [4.78, 5) is 0. The molecule has 0 saturated heterocycles. The molecule has 0 radical (unpaired) electrons. The van der Waals surface area contributed by atoms with Gasteiger partial charge in [-0.15, -0.1) is 0 Å². The second-order valence-electron chi connectivity index (χ2n) is 3.73. The monoisotopic (exact) mass is 235 g/mol. The topological polar surface area (TPSA) is 53.1 Å². The second-order valence-corrected chi connectivity index (χ2v) is 3.73. The minimum atomic E-state index is -0.310. The van der Waals surface area contributed by atoms with E-state index in [0.717, 1.165) is 5.69 Å². The molecule has 0 aliphatic carbocycles. The number of aryl methyl sites for hydroxylation is 1. The van der Waals surface area contributed by atoms with Gasteiger partial charge in [-0.2, -0.15) is 5.10 Å². The average molecular weight is 235 g/mol. The number of benzene rings is 1. The largest absolute Gasteiger partial charge is 0.487 e. The molecule has 1 aromatic heterocycles. The Labute approximate surface area is 98.8 Å². The van der Waals surface area contributed by atoms with Crippen LogP contribution in [-0.4, -0.2) is 9.78 Å². The second kappa shape index (κ2) is 4.97. The van der Waals surface area contributed by atoms with Gasteiger partial charge in [-0.25, -0.2) is 4.39 Å². The Morgan fingerprint density at radius 2 is 2.24 bits per heavy atom. The van der Waals surface area contributed by atoms with E-state index in [1.165, 1.54) is 12.1 Å². The van der Waals surface area contributed by atoms with Gasteiger partial charge in [0.25, 0.3) is 0 Å². The summed E-state index contributed by atoms with van der Waals surface area (Å²) in [6.07, 6.45) is 1.84. The van der Waals surface area contributed by atoms with Crippen molar-refractivity contribution >= 4 is 0 Å². The van der Waals surface area contributed by atoms with Crippen molar-refractivity contribution in [1.82, 2.24) is 9.78 Å². The van der Waals surface area contributed by atoms with Gasteiger partial charge < -0.3 is 10.5 Å². The highest BCUT2D eigenvalue weighted by atomic mass is 19.1. The summed E-state index contributed by atoms with van der Waals surface area (Å²) in [6, 6.07) is 6.19. The zero-order chi connectivity index (χ0) is 12.3. The number of ether oxygens (including phenoxy) is 1. The third-order valence-electron chi connectivity index (χ3n) is 2.39. The molecular weight excluding hydrogens is 221 g/mol. The molecule has 90 valence electrons. The van der Waals surface area contributed by atoms with E-state index in [1.807, 2.05) is 19.3 Å². The summed E-state index contributed by atoms with van der Waals surface area (Å²) in [7, 11) is 1.84. The molecule has 0 aliphatic rings. The molecule has 1 heterocycles. The van der Waals surface area contributed by atoms with E-state index in [4.69, 9.17) is 10.5 Å². The van der Waals surface area contributed by atoms with E-state index >= 15 is 0 Å². The first-order chi connectivity index (χ1) is 8.19. The van der Waals surface area contributed by atoms with E-state index in [1.54, 1.807) is 10.7 Å². The first-order valence-electron chi connectivity index (χ1n) is 5.29. The Bertz CT molecular complexity index is 510. The van der Waals surface area contributed by atoms with E-state index in [-0.39, 0.29) is 12.4 Å². The Morgan fingerprint density at radius 3 is 2.88 bits per heavy atom. The van der Waals surface area contributed by atoms with Crippen LogP contribution in [0.4, 0.5) is 4.39 Å². The molecule has 2 N–H and O–H groups in total. The zero-order valence-electron chi connectivity index (χ0n) is 9.56. The Balaban J connectivity index is 2.08. The molecule has 0 amide bonds. The maximum Gasteiger partial charge on any atom is 0.132 e. The van der Waals surface area contributed by atoms with Crippen molar-refractivity contribution in [1.29, 1.82) is 0 Å². The van der Waals surface area contributed by atoms with Crippen LogP contribution >= 0.6 is 0 Å². The fourth-order valence-corrected chi connectivity index (χ4v) is 1.54. The van der Waals surface area contributed by atoms with Gasteiger partial charge in [-0.05, 0) is 24.3 Å². The highest BCUT2D eigenvalue weighted by molar-refractivity contribution is 5.33. The molecule has 0 aliphatic heterocycles. The first kappa shape index (κ1) is 11.6. The lowest BCUT2D eigenvalue weighted by Crippen LogP contribution is -2.04. The third-order valence-corrected chi connectivity index (χ3v) is 2.39. The molecule has 0 unspecified atom stereocenters. The predicted octanol–water partition coefficient (Wildman–Crippen LogP) is 1.60. The average Bonchev–Trinajstić information content (AvgIpc) is 2.73. The van der Waals surface area contributed by atoms with Crippen molar-refractivity contribution in [2.45, 2.75) is 13.2 Å². The van der Waals surface area contributed by atoms with Gasteiger partial charge >= 0.3 is 0 Å². The van der Waals surface area contributed by atoms with Crippen molar-refractivity contribution in [3.05, 3.63) is 47.5 Å². The molecule has 2 rings (SSSR count). The molecule has 17 heavy (non-hydrogen) atoms. The Morgan fingerprint density at radius 1 is 1.41 bits per heavy atom. The van der Waals surface area contributed by atoms with Crippen molar-refractivity contribution in [2.24, 2.45) is 12.8 Å². The molecule has 2 aromatic rings. The van der Waals surface area contributed by atoms with E-state index in [0.29, 0.717) is 17.9 Å². The maximum absolute atomic E-state index is 13.0. The highest BCUT2D eigenvalue weighted by Gasteiger charge is 2.05. The van der Waals surface area contributed by atoms with Crippen molar-refractivity contribution in [3.63, 3.8) is 0 Å². The summed E-state index contributed by atoms with van der Waals surface area (Å²) in [5.74, 6) is 0.287. The van der Waals surface area contributed by atoms with Crippen molar-refractivity contribution in [2.75, 3.05) is 0 Å². The number of rotatable bonds is 4. The lowest BCUT2D eigenvalue weighted by atomic mass is 10.2. The molecule has 0 bridgehead atoms. The molecule has 5 heteroatoms. The molecule has 0 spiro atoms. The predicted molar refractivity (Wildman–Crippen MR) is 61.8 cm³/mol. The first-order valence-corrected chi connectivity index (χ1v) is 5.29. The molecular formula is C12H14FN3O. The summed E-state index contributed by atoms with van der Waals surface area (Å²) >= 11 is 0. The van der Waals surface area contributed by atoms with Crippen LogP contribution in [0.2, 0.25) is 0 Å². The van der Waals surface area contributed by atoms with Crippen LogP contribution in [0, 0.1) is 5.82 Å². The molecule has 0 fully saturated rings. The number of nitrogens with zero attached hydrogens (tertiary/aromatic N) is 2. The summed E-state index contributed by atoms with van der Waals surface area (Å²) in [5.41, 5.74) is 7.00. The van der Waals surface area contributed by atoms with E-state index < -0.39 is 0 Å². The van der Waals surface area contributed by atoms with Crippen LogP contribution in [0.1, 0.15) is 11.3 Å². The van der Waals surface area contributed by atoms with Crippen LogP contribution in [0.25, 0.3) is 0 Å². The van der Waals surface area contributed by atoms with Gasteiger partial charge in [0.2, 0.25) is 0 Å².